The molecule has 9 nitrogen and oxygen atoms in total. The van der Waals surface area contributed by atoms with Crippen molar-refractivity contribution in [1.82, 2.24) is 4.90 Å². The minimum Gasteiger partial charge on any atom is -0.452 e. The third kappa shape index (κ3) is 5.13. The number of hydrogen-bond donors (Lipinski definition) is 1. The van der Waals surface area contributed by atoms with E-state index in [-0.39, 0.29) is 17.2 Å². The second kappa shape index (κ2) is 8.76. The summed E-state index contributed by atoms with van der Waals surface area (Å²) in [7, 11) is 3.27. The molecule has 0 aromatic heterocycles. The van der Waals surface area contributed by atoms with Crippen molar-refractivity contribution in [2.24, 2.45) is 0 Å². The predicted molar refractivity (Wildman–Crippen MR) is 101 cm³/mol. The quantitative estimate of drug-likeness (QED) is 0.463. The van der Waals surface area contributed by atoms with Gasteiger partial charge in [0, 0.05) is 37.0 Å². The number of nitrogens with one attached hydrogen (secondary N) is 1. The number of benzene rings is 2. The molecule has 0 fully saturated rings. The summed E-state index contributed by atoms with van der Waals surface area (Å²) in [5.41, 5.74) is 1.09. The number of rotatable bonds is 6. The highest BCUT2D eigenvalue weighted by atomic mass is 16.6. The Hall–Kier alpha value is -3.75. The maximum absolute atomic E-state index is 12.0. The van der Waals surface area contributed by atoms with Crippen LogP contribution in [0.1, 0.15) is 26.3 Å². The molecule has 2 rings (SSSR count). The first-order chi connectivity index (χ1) is 13.2. The molecule has 1 N–H and O–H groups in total. The zero-order valence-corrected chi connectivity index (χ0v) is 15.6. The van der Waals surface area contributed by atoms with Gasteiger partial charge in [-0.15, -0.1) is 0 Å². The third-order valence-electron chi connectivity index (χ3n) is 3.80. The van der Waals surface area contributed by atoms with E-state index in [1.54, 1.807) is 45.3 Å². The number of esters is 1. The number of nitro groups is 1. The Morgan fingerprint density at radius 3 is 2.25 bits per heavy atom. The SMILES string of the molecule is Cc1ccc(C(=O)OCC(=O)Nc2ccc(C(=O)N(C)C)cc2)cc1[N+](=O)[O-]. The first kappa shape index (κ1) is 20.6. The number of nitrogens with zero attached hydrogens (tertiary/aromatic N) is 2. The van der Waals surface area contributed by atoms with Crippen LogP contribution in [-0.4, -0.2) is 48.3 Å². The molecule has 0 aliphatic rings. The van der Waals surface area contributed by atoms with Crippen LogP contribution in [0.15, 0.2) is 42.5 Å². The van der Waals surface area contributed by atoms with E-state index in [2.05, 4.69) is 5.32 Å². The van der Waals surface area contributed by atoms with Crippen molar-refractivity contribution >= 4 is 29.2 Å². The standard InChI is InChI=1S/C19H19N3O6/c1-12-4-5-14(10-16(12)22(26)27)19(25)28-11-17(23)20-15-8-6-13(7-9-15)18(24)21(2)3/h4-10H,11H2,1-3H3,(H,20,23). The topological polar surface area (TPSA) is 119 Å². The van der Waals surface area contributed by atoms with E-state index in [0.29, 0.717) is 16.8 Å². The zero-order chi connectivity index (χ0) is 20.8. The Morgan fingerprint density at radius 2 is 1.68 bits per heavy atom. The molecule has 146 valence electrons. The highest BCUT2D eigenvalue weighted by molar-refractivity contribution is 5.97. The van der Waals surface area contributed by atoms with Crippen LogP contribution in [0.3, 0.4) is 0 Å². The molecule has 0 unspecified atom stereocenters. The maximum Gasteiger partial charge on any atom is 0.338 e. The van der Waals surface area contributed by atoms with Crippen LogP contribution in [0.5, 0.6) is 0 Å². The van der Waals surface area contributed by atoms with Crippen LogP contribution in [-0.2, 0) is 9.53 Å². The minimum atomic E-state index is -0.842. The summed E-state index contributed by atoms with van der Waals surface area (Å²) in [4.78, 5) is 47.5. The van der Waals surface area contributed by atoms with Crippen molar-refractivity contribution in [2.75, 3.05) is 26.0 Å². The lowest BCUT2D eigenvalue weighted by atomic mass is 10.1. The summed E-state index contributed by atoms with van der Waals surface area (Å²) in [5, 5.41) is 13.5. The Kier molecular flexibility index (Phi) is 6.43. The number of ether oxygens (including phenoxy) is 1. The van der Waals surface area contributed by atoms with E-state index in [9.17, 15) is 24.5 Å². The summed E-state index contributed by atoms with van der Waals surface area (Å²) in [6.45, 7) is 0.997. The summed E-state index contributed by atoms with van der Waals surface area (Å²) in [6, 6.07) is 10.2. The van der Waals surface area contributed by atoms with Gasteiger partial charge in [-0.05, 0) is 37.3 Å². The monoisotopic (exact) mass is 385 g/mol. The Labute approximate surface area is 161 Å². The first-order valence-electron chi connectivity index (χ1n) is 8.22. The van der Waals surface area contributed by atoms with Gasteiger partial charge in [0.25, 0.3) is 17.5 Å². The van der Waals surface area contributed by atoms with Gasteiger partial charge in [-0.3, -0.25) is 19.7 Å². The molecule has 0 saturated carbocycles. The van der Waals surface area contributed by atoms with Gasteiger partial charge in [0.05, 0.1) is 10.5 Å². The number of anilines is 1. The van der Waals surface area contributed by atoms with Gasteiger partial charge in [-0.1, -0.05) is 6.07 Å². The highest BCUT2D eigenvalue weighted by Crippen LogP contribution is 2.19. The Balaban J connectivity index is 1.93. The van der Waals surface area contributed by atoms with E-state index < -0.39 is 23.4 Å². The van der Waals surface area contributed by atoms with E-state index in [4.69, 9.17) is 4.74 Å². The average molecular weight is 385 g/mol. The molecular weight excluding hydrogens is 366 g/mol. The first-order valence-corrected chi connectivity index (χ1v) is 8.22. The smallest absolute Gasteiger partial charge is 0.338 e. The van der Waals surface area contributed by atoms with Gasteiger partial charge in [0.1, 0.15) is 0 Å². The molecule has 0 radical (unpaired) electrons. The zero-order valence-electron chi connectivity index (χ0n) is 15.6. The molecule has 0 saturated heterocycles. The summed E-state index contributed by atoms with van der Waals surface area (Å²) in [5.74, 6) is -1.59. The molecule has 2 aromatic rings. The lowest BCUT2D eigenvalue weighted by molar-refractivity contribution is -0.385. The number of carbonyl (C=O) groups is 3. The van der Waals surface area contributed by atoms with Crippen LogP contribution in [0.2, 0.25) is 0 Å². The van der Waals surface area contributed by atoms with Gasteiger partial charge < -0.3 is 15.0 Å². The van der Waals surface area contributed by atoms with Crippen molar-refractivity contribution in [3.63, 3.8) is 0 Å². The van der Waals surface area contributed by atoms with Gasteiger partial charge in [0.15, 0.2) is 6.61 Å². The predicted octanol–water partition coefficient (Wildman–Crippen LogP) is 2.40. The van der Waals surface area contributed by atoms with Crippen LogP contribution >= 0.6 is 0 Å². The lowest BCUT2D eigenvalue weighted by Crippen LogP contribution is -2.22. The van der Waals surface area contributed by atoms with Crippen molar-refractivity contribution in [2.45, 2.75) is 6.92 Å². The third-order valence-corrected chi connectivity index (χ3v) is 3.80. The molecule has 2 amide bonds. The van der Waals surface area contributed by atoms with Crippen LogP contribution < -0.4 is 5.32 Å². The van der Waals surface area contributed by atoms with Crippen molar-refractivity contribution in [1.29, 1.82) is 0 Å². The fourth-order valence-corrected chi connectivity index (χ4v) is 2.30. The molecule has 0 heterocycles. The number of amides is 2. The Morgan fingerprint density at radius 1 is 1.07 bits per heavy atom. The van der Waals surface area contributed by atoms with E-state index in [0.717, 1.165) is 6.07 Å². The summed E-state index contributed by atoms with van der Waals surface area (Å²) in [6.07, 6.45) is 0. The largest absolute Gasteiger partial charge is 0.452 e. The lowest BCUT2D eigenvalue weighted by Gasteiger charge is -2.11. The molecule has 0 bridgehead atoms. The molecule has 0 atom stereocenters. The number of carbonyl (C=O) groups excluding carboxylic acids is 3. The van der Waals surface area contributed by atoms with Crippen molar-refractivity contribution in [3.8, 4) is 0 Å². The van der Waals surface area contributed by atoms with E-state index in [1.165, 1.54) is 17.0 Å². The fraction of sp³-hybridized carbons (Fsp3) is 0.211. The fourth-order valence-electron chi connectivity index (χ4n) is 2.30. The maximum atomic E-state index is 12.0. The van der Waals surface area contributed by atoms with E-state index in [1.807, 2.05) is 0 Å². The van der Waals surface area contributed by atoms with Gasteiger partial charge in [0.2, 0.25) is 0 Å². The van der Waals surface area contributed by atoms with Crippen molar-refractivity contribution in [3.05, 3.63) is 69.3 Å². The second-order valence-electron chi connectivity index (χ2n) is 6.16. The van der Waals surface area contributed by atoms with Gasteiger partial charge in [-0.2, -0.15) is 0 Å². The van der Waals surface area contributed by atoms with Crippen LogP contribution in [0.25, 0.3) is 0 Å². The number of nitro benzene ring substituents is 1. The normalized spacial score (nSPS) is 10.1. The minimum absolute atomic E-state index is 0.0170. The molecule has 9 heteroatoms. The van der Waals surface area contributed by atoms with Gasteiger partial charge in [-0.25, -0.2) is 4.79 Å². The molecular formula is C19H19N3O6. The highest BCUT2D eigenvalue weighted by Gasteiger charge is 2.17. The number of hydrogen-bond acceptors (Lipinski definition) is 6. The Bertz CT molecular complexity index is 922. The second-order valence-corrected chi connectivity index (χ2v) is 6.16. The number of aryl methyl sites for hydroxylation is 1. The summed E-state index contributed by atoms with van der Waals surface area (Å²) < 4.78 is 4.90. The van der Waals surface area contributed by atoms with Crippen LogP contribution in [0.4, 0.5) is 11.4 Å². The molecule has 0 aliphatic carbocycles. The molecule has 2 aromatic carbocycles. The van der Waals surface area contributed by atoms with Gasteiger partial charge >= 0.3 is 5.97 Å². The molecule has 0 spiro atoms. The van der Waals surface area contributed by atoms with Crippen LogP contribution in [0, 0.1) is 17.0 Å². The average Bonchev–Trinajstić information content (AvgIpc) is 2.66. The van der Waals surface area contributed by atoms with E-state index >= 15 is 0 Å². The summed E-state index contributed by atoms with van der Waals surface area (Å²) >= 11 is 0. The molecule has 28 heavy (non-hydrogen) atoms. The van der Waals surface area contributed by atoms with Crippen molar-refractivity contribution < 1.29 is 24.0 Å². The molecule has 0 aliphatic heterocycles.